The Hall–Kier alpha value is -4.45. The summed E-state index contributed by atoms with van der Waals surface area (Å²) in [7, 11) is 1.32. The van der Waals surface area contributed by atoms with Crippen LogP contribution in [0.4, 0.5) is 8.78 Å². The molecule has 0 bridgehead atoms. The highest BCUT2D eigenvalue weighted by molar-refractivity contribution is 5.98. The van der Waals surface area contributed by atoms with Gasteiger partial charge in [0.15, 0.2) is 35.4 Å². The van der Waals surface area contributed by atoms with E-state index < -0.39 is 53.6 Å². The van der Waals surface area contributed by atoms with Gasteiger partial charge < -0.3 is 34.1 Å². The zero-order valence-electron chi connectivity index (χ0n) is 21.0. The molecular weight excluding hydrogens is 518 g/mol. The van der Waals surface area contributed by atoms with Crippen LogP contribution in [0.5, 0.6) is 23.0 Å². The molecule has 0 aliphatic carbocycles. The second kappa shape index (κ2) is 12.4. The fraction of sp³-hybridized carbons (Fsp3) is 0.296. The lowest BCUT2D eigenvalue weighted by Crippen LogP contribution is -2.48. The quantitative estimate of drug-likeness (QED) is 0.432. The van der Waals surface area contributed by atoms with Gasteiger partial charge in [0.05, 0.1) is 20.3 Å². The standard InChI is InChI=1S/C27H26F2N2O8/c1-15-25(39-19-9-5-17(29)6-10-19)22(38-18-7-3-16(28)4-8-18)14-36-13-20(27(34)37-15)31-26(33)23-24(32)21(35-2)11-12-30-23/h3-12,15,20,22,25,32H,13-14H2,1-2H3,(H,31,33)/t15-,20-,22-,25-/m0/s1. The number of pyridine rings is 1. The molecule has 1 aromatic heterocycles. The van der Waals surface area contributed by atoms with Crippen molar-refractivity contribution in [3.63, 3.8) is 0 Å². The Morgan fingerprint density at radius 2 is 1.62 bits per heavy atom. The zero-order valence-corrected chi connectivity index (χ0v) is 21.0. The molecule has 0 saturated carbocycles. The van der Waals surface area contributed by atoms with Crippen LogP contribution in [0.15, 0.2) is 60.8 Å². The Kier molecular flexibility index (Phi) is 8.77. The average Bonchev–Trinajstić information content (AvgIpc) is 2.96. The lowest BCUT2D eigenvalue weighted by atomic mass is 10.1. The van der Waals surface area contributed by atoms with Crippen LogP contribution in [0.25, 0.3) is 0 Å². The molecule has 206 valence electrons. The maximum absolute atomic E-state index is 13.4. The summed E-state index contributed by atoms with van der Waals surface area (Å²) in [6, 6.07) is 10.6. The predicted molar refractivity (Wildman–Crippen MR) is 132 cm³/mol. The summed E-state index contributed by atoms with van der Waals surface area (Å²) in [5, 5.41) is 12.7. The molecule has 2 heterocycles. The summed E-state index contributed by atoms with van der Waals surface area (Å²) in [6.45, 7) is 1.13. The molecule has 39 heavy (non-hydrogen) atoms. The summed E-state index contributed by atoms with van der Waals surface area (Å²) in [6.07, 6.45) is -1.51. The molecule has 4 rings (SSSR count). The fourth-order valence-electron chi connectivity index (χ4n) is 3.83. The van der Waals surface area contributed by atoms with Gasteiger partial charge in [-0.3, -0.25) is 4.79 Å². The van der Waals surface area contributed by atoms with Crippen molar-refractivity contribution < 1.29 is 47.2 Å². The third kappa shape index (κ3) is 6.90. The highest BCUT2D eigenvalue weighted by Gasteiger charge is 2.38. The number of aromatic hydroxyl groups is 1. The molecule has 0 radical (unpaired) electrons. The van der Waals surface area contributed by atoms with Crippen molar-refractivity contribution in [1.29, 1.82) is 0 Å². The van der Waals surface area contributed by atoms with Gasteiger partial charge in [-0.1, -0.05) is 0 Å². The van der Waals surface area contributed by atoms with E-state index in [2.05, 4.69) is 10.3 Å². The second-order valence-electron chi connectivity index (χ2n) is 8.56. The van der Waals surface area contributed by atoms with Gasteiger partial charge in [0, 0.05) is 12.3 Å². The zero-order chi connectivity index (χ0) is 27.9. The first-order valence-corrected chi connectivity index (χ1v) is 11.9. The third-order valence-corrected chi connectivity index (χ3v) is 5.80. The summed E-state index contributed by atoms with van der Waals surface area (Å²) < 4.78 is 55.2. The van der Waals surface area contributed by atoms with Crippen LogP contribution >= 0.6 is 0 Å². The maximum atomic E-state index is 13.4. The molecule has 12 heteroatoms. The number of hydrogen-bond donors (Lipinski definition) is 2. The van der Waals surface area contributed by atoms with Crippen LogP contribution in [0, 0.1) is 11.6 Å². The van der Waals surface area contributed by atoms with Gasteiger partial charge in [-0.05, 0) is 55.5 Å². The Morgan fingerprint density at radius 1 is 1.00 bits per heavy atom. The first-order chi connectivity index (χ1) is 18.7. The van der Waals surface area contributed by atoms with Gasteiger partial charge in [0.25, 0.3) is 5.91 Å². The monoisotopic (exact) mass is 544 g/mol. The number of aromatic nitrogens is 1. The van der Waals surface area contributed by atoms with Crippen molar-refractivity contribution in [2.45, 2.75) is 31.3 Å². The van der Waals surface area contributed by atoms with E-state index >= 15 is 0 Å². The molecule has 0 unspecified atom stereocenters. The Balaban J connectivity index is 1.56. The molecule has 1 saturated heterocycles. The number of rotatable bonds is 7. The second-order valence-corrected chi connectivity index (χ2v) is 8.56. The Bertz CT molecular complexity index is 1290. The molecule has 3 aromatic rings. The lowest BCUT2D eigenvalue weighted by molar-refractivity contribution is -0.156. The Labute approximate surface area is 222 Å². The summed E-state index contributed by atoms with van der Waals surface area (Å²) in [5.74, 6) is -2.50. The maximum Gasteiger partial charge on any atom is 0.331 e. The van der Waals surface area contributed by atoms with Crippen molar-refractivity contribution in [2.75, 3.05) is 20.3 Å². The average molecular weight is 545 g/mol. The molecule has 4 atom stereocenters. The van der Waals surface area contributed by atoms with Gasteiger partial charge in [-0.15, -0.1) is 0 Å². The SMILES string of the molecule is COc1ccnc(C(=O)N[C@H]2COC[C@H](Oc3ccc(F)cc3)[C@@H](Oc3ccc(F)cc3)[C@H](C)OC2=O)c1O. The highest BCUT2D eigenvalue weighted by Crippen LogP contribution is 2.28. The number of carbonyl (C=O) groups is 2. The number of hydrogen-bond acceptors (Lipinski definition) is 9. The normalized spacial score (nSPS) is 21.5. The van der Waals surface area contributed by atoms with Crippen molar-refractivity contribution in [3.8, 4) is 23.0 Å². The van der Waals surface area contributed by atoms with Crippen LogP contribution in [0.2, 0.25) is 0 Å². The molecule has 1 aliphatic rings. The summed E-state index contributed by atoms with van der Waals surface area (Å²) in [5.41, 5.74) is -0.356. The Morgan fingerprint density at radius 3 is 2.23 bits per heavy atom. The van der Waals surface area contributed by atoms with Crippen LogP contribution in [0.3, 0.4) is 0 Å². The summed E-state index contributed by atoms with van der Waals surface area (Å²) in [4.78, 5) is 29.7. The van der Waals surface area contributed by atoms with E-state index in [1.165, 1.54) is 67.9 Å². The number of esters is 1. The number of halogens is 2. The van der Waals surface area contributed by atoms with Gasteiger partial charge in [0.2, 0.25) is 0 Å². The number of amides is 1. The van der Waals surface area contributed by atoms with Crippen molar-refractivity contribution in [3.05, 3.63) is 78.1 Å². The third-order valence-electron chi connectivity index (χ3n) is 5.80. The molecular formula is C27H26F2N2O8. The number of carbonyl (C=O) groups excluding carboxylic acids is 2. The van der Waals surface area contributed by atoms with Crippen LogP contribution < -0.4 is 19.5 Å². The molecule has 10 nitrogen and oxygen atoms in total. The molecule has 1 fully saturated rings. The van der Waals surface area contributed by atoms with Gasteiger partial charge in [-0.25, -0.2) is 18.6 Å². The van der Waals surface area contributed by atoms with Gasteiger partial charge in [-0.2, -0.15) is 0 Å². The van der Waals surface area contributed by atoms with Crippen LogP contribution in [0.1, 0.15) is 17.4 Å². The molecule has 1 aliphatic heterocycles. The van der Waals surface area contributed by atoms with E-state index in [4.69, 9.17) is 23.7 Å². The van der Waals surface area contributed by atoms with Crippen molar-refractivity contribution >= 4 is 11.9 Å². The minimum absolute atomic E-state index is 0.0265. The van der Waals surface area contributed by atoms with E-state index in [0.717, 1.165) is 0 Å². The van der Waals surface area contributed by atoms with E-state index in [1.54, 1.807) is 6.92 Å². The van der Waals surface area contributed by atoms with E-state index in [-0.39, 0.29) is 30.4 Å². The van der Waals surface area contributed by atoms with E-state index in [0.29, 0.717) is 5.75 Å². The largest absolute Gasteiger partial charge is 0.503 e. The lowest BCUT2D eigenvalue weighted by Gasteiger charge is -2.31. The van der Waals surface area contributed by atoms with Crippen LogP contribution in [-0.4, -0.2) is 66.6 Å². The number of methoxy groups -OCH3 is 1. The van der Waals surface area contributed by atoms with Gasteiger partial charge >= 0.3 is 5.97 Å². The highest BCUT2D eigenvalue weighted by atomic mass is 19.1. The van der Waals surface area contributed by atoms with E-state index in [1.807, 2.05) is 0 Å². The predicted octanol–water partition coefficient (Wildman–Crippen LogP) is 3.03. The molecule has 2 N–H and O–H groups in total. The topological polar surface area (TPSA) is 125 Å². The first-order valence-electron chi connectivity index (χ1n) is 11.9. The van der Waals surface area contributed by atoms with Gasteiger partial charge in [0.1, 0.15) is 29.2 Å². The number of nitrogens with zero attached hydrogens (tertiary/aromatic N) is 1. The first kappa shape index (κ1) is 27.6. The molecule has 1 amide bonds. The molecule has 0 spiro atoms. The van der Waals surface area contributed by atoms with E-state index in [9.17, 15) is 23.5 Å². The molecule has 2 aromatic carbocycles. The number of benzene rings is 2. The van der Waals surface area contributed by atoms with Crippen LogP contribution in [-0.2, 0) is 14.3 Å². The minimum Gasteiger partial charge on any atom is -0.503 e. The smallest absolute Gasteiger partial charge is 0.331 e. The minimum atomic E-state index is -1.27. The fourth-order valence-corrected chi connectivity index (χ4v) is 3.83. The summed E-state index contributed by atoms with van der Waals surface area (Å²) >= 11 is 0. The number of ether oxygens (including phenoxy) is 5. The van der Waals surface area contributed by atoms with Crippen molar-refractivity contribution in [2.24, 2.45) is 0 Å². The number of cyclic esters (lactones) is 1. The number of nitrogens with one attached hydrogen (secondary N) is 1. The van der Waals surface area contributed by atoms with Crippen molar-refractivity contribution in [1.82, 2.24) is 10.3 Å².